The van der Waals surface area contributed by atoms with Gasteiger partial charge in [0.25, 0.3) is 5.91 Å². The van der Waals surface area contributed by atoms with Crippen LogP contribution in [0.3, 0.4) is 0 Å². The minimum Gasteiger partial charge on any atom is -0.504 e. The molecule has 0 aliphatic carbocycles. The van der Waals surface area contributed by atoms with E-state index in [0.29, 0.717) is 14.8 Å². The van der Waals surface area contributed by atoms with E-state index < -0.39 is 0 Å². The van der Waals surface area contributed by atoms with Crippen LogP contribution in [0.1, 0.15) is 19.4 Å². The monoisotopic (exact) mass is 400 g/mol. The van der Waals surface area contributed by atoms with Crippen LogP contribution in [0.4, 0.5) is 11.4 Å². The van der Waals surface area contributed by atoms with Crippen LogP contribution in [0.5, 0.6) is 11.5 Å². The van der Waals surface area contributed by atoms with Crippen molar-refractivity contribution in [2.24, 2.45) is 0 Å². The normalized spacial score (nSPS) is 15.6. The third-order valence-corrected chi connectivity index (χ3v) is 5.63. The van der Waals surface area contributed by atoms with Crippen molar-refractivity contribution >= 4 is 51.7 Å². The fourth-order valence-electron chi connectivity index (χ4n) is 2.87. The van der Waals surface area contributed by atoms with E-state index in [1.165, 1.54) is 28.8 Å². The summed E-state index contributed by atoms with van der Waals surface area (Å²) in [6.45, 7) is 6.04. The third-order valence-electron chi connectivity index (χ3n) is 4.33. The van der Waals surface area contributed by atoms with Gasteiger partial charge in [-0.05, 0) is 61.9 Å². The van der Waals surface area contributed by atoms with E-state index in [4.69, 9.17) is 12.2 Å². The standard InChI is InChI=1S/C20H20N2O3S2/c1-3-21(4-2)14-6-8-15(9-7-14)22-19(25)18(27-20(22)26)12-13-5-10-16(23)17(24)11-13/h5-12,23-24H,3-4H2,1-2H3. The summed E-state index contributed by atoms with van der Waals surface area (Å²) in [6.07, 6.45) is 1.66. The van der Waals surface area contributed by atoms with E-state index in [1.807, 2.05) is 24.3 Å². The van der Waals surface area contributed by atoms with Crippen LogP contribution in [0.2, 0.25) is 0 Å². The molecular formula is C20H20N2O3S2. The lowest BCUT2D eigenvalue weighted by atomic mass is 10.2. The molecule has 0 radical (unpaired) electrons. The predicted molar refractivity (Wildman–Crippen MR) is 115 cm³/mol. The zero-order valence-electron chi connectivity index (χ0n) is 15.0. The largest absolute Gasteiger partial charge is 0.504 e. The number of benzene rings is 2. The van der Waals surface area contributed by atoms with Gasteiger partial charge in [0.1, 0.15) is 0 Å². The summed E-state index contributed by atoms with van der Waals surface area (Å²) in [4.78, 5) is 17.0. The minimum atomic E-state index is -0.230. The molecule has 0 saturated carbocycles. The second-order valence-corrected chi connectivity index (χ2v) is 7.63. The van der Waals surface area contributed by atoms with Gasteiger partial charge < -0.3 is 15.1 Å². The molecule has 2 aromatic carbocycles. The molecule has 0 atom stereocenters. The number of thioether (sulfide) groups is 1. The van der Waals surface area contributed by atoms with E-state index in [9.17, 15) is 15.0 Å². The fraction of sp³-hybridized carbons (Fsp3) is 0.200. The fourth-order valence-corrected chi connectivity index (χ4v) is 4.17. The lowest BCUT2D eigenvalue weighted by molar-refractivity contribution is -0.113. The van der Waals surface area contributed by atoms with Crippen molar-refractivity contribution in [3.05, 3.63) is 52.9 Å². The van der Waals surface area contributed by atoms with Gasteiger partial charge >= 0.3 is 0 Å². The number of nitrogens with zero attached hydrogens (tertiary/aromatic N) is 2. The first-order valence-electron chi connectivity index (χ1n) is 8.59. The number of hydrogen-bond donors (Lipinski definition) is 2. The van der Waals surface area contributed by atoms with Gasteiger partial charge in [0.15, 0.2) is 15.8 Å². The number of phenols is 2. The van der Waals surface area contributed by atoms with Crippen molar-refractivity contribution in [3.8, 4) is 11.5 Å². The van der Waals surface area contributed by atoms with Gasteiger partial charge in [0, 0.05) is 18.8 Å². The molecule has 1 fully saturated rings. The molecule has 2 N–H and O–H groups in total. The molecular weight excluding hydrogens is 380 g/mol. The predicted octanol–water partition coefficient (Wildman–Crippen LogP) is 4.35. The van der Waals surface area contributed by atoms with Crippen molar-refractivity contribution in [1.29, 1.82) is 0 Å². The highest BCUT2D eigenvalue weighted by Gasteiger charge is 2.33. The van der Waals surface area contributed by atoms with Crippen LogP contribution in [0.25, 0.3) is 6.08 Å². The van der Waals surface area contributed by atoms with Crippen LogP contribution in [0, 0.1) is 0 Å². The highest BCUT2D eigenvalue weighted by molar-refractivity contribution is 8.27. The van der Waals surface area contributed by atoms with Gasteiger partial charge in [-0.15, -0.1) is 0 Å². The smallest absolute Gasteiger partial charge is 0.270 e. The Labute approximate surface area is 167 Å². The molecule has 140 valence electrons. The Balaban J connectivity index is 1.85. The number of anilines is 2. The number of aromatic hydroxyl groups is 2. The van der Waals surface area contributed by atoms with Gasteiger partial charge in [0.05, 0.1) is 10.6 Å². The Morgan fingerprint density at radius 2 is 1.74 bits per heavy atom. The molecule has 3 rings (SSSR count). The average molecular weight is 401 g/mol. The first-order valence-corrected chi connectivity index (χ1v) is 9.82. The topological polar surface area (TPSA) is 64.0 Å². The lowest BCUT2D eigenvalue weighted by Crippen LogP contribution is -2.27. The van der Waals surface area contributed by atoms with E-state index in [-0.39, 0.29) is 17.4 Å². The molecule has 0 bridgehead atoms. The van der Waals surface area contributed by atoms with E-state index in [2.05, 4.69) is 18.7 Å². The van der Waals surface area contributed by atoms with Gasteiger partial charge in [0.2, 0.25) is 0 Å². The Morgan fingerprint density at radius 1 is 1.07 bits per heavy atom. The van der Waals surface area contributed by atoms with Crippen molar-refractivity contribution < 1.29 is 15.0 Å². The molecule has 1 amide bonds. The van der Waals surface area contributed by atoms with Crippen molar-refractivity contribution in [2.75, 3.05) is 22.9 Å². The Kier molecular flexibility index (Phi) is 5.72. The maximum absolute atomic E-state index is 12.8. The van der Waals surface area contributed by atoms with Crippen molar-refractivity contribution in [3.63, 3.8) is 0 Å². The van der Waals surface area contributed by atoms with Crippen LogP contribution in [-0.4, -0.2) is 33.5 Å². The maximum atomic E-state index is 12.8. The summed E-state index contributed by atoms with van der Waals surface area (Å²) < 4.78 is 0.463. The number of phenolic OH excluding ortho intramolecular Hbond substituents is 2. The Bertz CT molecular complexity index is 906. The number of carbonyl (C=O) groups excluding carboxylic acids is 1. The molecule has 2 aromatic rings. The number of carbonyl (C=O) groups is 1. The van der Waals surface area contributed by atoms with Crippen LogP contribution < -0.4 is 9.80 Å². The maximum Gasteiger partial charge on any atom is 0.270 e. The van der Waals surface area contributed by atoms with Crippen molar-refractivity contribution in [2.45, 2.75) is 13.8 Å². The van der Waals surface area contributed by atoms with Crippen molar-refractivity contribution in [1.82, 2.24) is 0 Å². The summed E-state index contributed by atoms with van der Waals surface area (Å²) in [5.41, 5.74) is 2.44. The van der Waals surface area contributed by atoms with Gasteiger partial charge in [-0.1, -0.05) is 30.0 Å². The molecule has 27 heavy (non-hydrogen) atoms. The first kappa shape index (κ1) is 19.3. The molecule has 7 heteroatoms. The molecule has 5 nitrogen and oxygen atoms in total. The second kappa shape index (κ2) is 8.02. The zero-order valence-corrected chi connectivity index (χ0v) is 16.7. The first-order chi connectivity index (χ1) is 12.9. The highest BCUT2D eigenvalue weighted by Crippen LogP contribution is 2.37. The second-order valence-electron chi connectivity index (χ2n) is 5.95. The molecule has 0 unspecified atom stereocenters. The molecule has 1 heterocycles. The molecule has 0 aromatic heterocycles. The van der Waals surface area contributed by atoms with Crippen LogP contribution in [-0.2, 0) is 4.79 Å². The van der Waals surface area contributed by atoms with Gasteiger partial charge in [-0.2, -0.15) is 0 Å². The highest BCUT2D eigenvalue weighted by atomic mass is 32.2. The summed E-state index contributed by atoms with van der Waals surface area (Å²) in [5.74, 6) is -0.632. The third kappa shape index (κ3) is 3.94. The Hall–Kier alpha value is -2.51. The molecule has 0 spiro atoms. The summed E-state index contributed by atoms with van der Waals surface area (Å²) >= 11 is 6.61. The van der Waals surface area contributed by atoms with E-state index in [0.717, 1.165) is 24.5 Å². The van der Waals surface area contributed by atoms with Gasteiger partial charge in [-0.25, -0.2) is 0 Å². The van der Waals surface area contributed by atoms with E-state index >= 15 is 0 Å². The Morgan fingerprint density at radius 3 is 2.33 bits per heavy atom. The van der Waals surface area contributed by atoms with Crippen LogP contribution >= 0.6 is 24.0 Å². The number of amides is 1. The summed E-state index contributed by atoms with van der Waals surface area (Å²) in [6, 6.07) is 12.2. The van der Waals surface area contributed by atoms with E-state index in [1.54, 1.807) is 12.1 Å². The number of hydrogen-bond acceptors (Lipinski definition) is 6. The quantitative estimate of drug-likeness (QED) is 0.442. The summed E-state index contributed by atoms with van der Waals surface area (Å²) in [7, 11) is 0. The average Bonchev–Trinajstić information content (AvgIpc) is 2.93. The lowest BCUT2D eigenvalue weighted by Gasteiger charge is -2.22. The van der Waals surface area contributed by atoms with Crippen LogP contribution in [0.15, 0.2) is 47.4 Å². The SMILES string of the molecule is CCN(CC)c1ccc(N2C(=O)C(=Cc3ccc(O)c(O)c3)SC2=S)cc1. The minimum absolute atomic E-state index is 0.201. The molecule has 1 saturated heterocycles. The zero-order chi connectivity index (χ0) is 19.6. The number of thiocarbonyl (C=S) groups is 1. The van der Waals surface area contributed by atoms with Gasteiger partial charge in [-0.3, -0.25) is 9.69 Å². The molecule has 1 aliphatic rings. The summed E-state index contributed by atoms with van der Waals surface area (Å²) in [5, 5.41) is 19.0. The number of rotatable bonds is 5. The molecule has 1 aliphatic heterocycles.